The van der Waals surface area contributed by atoms with E-state index in [0.717, 1.165) is 0 Å². The molecule has 0 aliphatic rings. The lowest BCUT2D eigenvalue weighted by atomic mass is 10.1. The lowest BCUT2D eigenvalue weighted by molar-refractivity contribution is -0.384. The second kappa shape index (κ2) is 4.90. The van der Waals surface area contributed by atoms with Gasteiger partial charge in [0.25, 0.3) is 5.69 Å². The number of hydrogen-bond donors (Lipinski definition) is 1. The monoisotopic (exact) mass is 206 g/mol. The molecule has 0 aromatic heterocycles. The van der Waals surface area contributed by atoms with E-state index in [4.69, 9.17) is 0 Å². The van der Waals surface area contributed by atoms with Crippen LogP contribution in [-0.4, -0.2) is 17.3 Å². The molecule has 0 radical (unpaired) electrons. The Morgan fingerprint density at radius 2 is 2.07 bits per heavy atom. The zero-order valence-corrected chi connectivity index (χ0v) is 7.97. The van der Waals surface area contributed by atoms with Gasteiger partial charge in [0.05, 0.1) is 11.5 Å². The van der Waals surface area contributed by atoms with Crippen LogP contribution in [0.25, 0.3) is 0 Å². The van der Waals surface area contributed by atoms with Gasteiger partial charge in [-0.1, -0.05) is 6.58 Å². The van der Waals surface area contributed by atoms with Gasteiger partial charge in [-0.05, 0) is 18.3 Å². The number of non-ortho nitro benzene ring substituents is 1. The minimum Gasteiger partial charge on any atom is -0.384 e. The molecular formula is C10H10N2O3. The first-order chi connectivity index (χ1) is 7.15. The highest BCUT2D eigenvalue weighted by molar-refractivity contribution is 5.97. The largest absolute Gasteiger partial charge is 0.384 e. The van der Waals surface area contributed by atoms with E-state index in [0.29, 0.717) is 5.56 Å². The number of nitro benzene ring substituents is 1. The Bertz CT molecular complexity index is 384. The number of hydrogen-bond acceptors (Lipinski definition) is 4. The van der Waals surface area contributed by atoms with Crippen molar-refractivity contribution in [1.82, 2.24) is 5.32 Å². The van der Waals surface area contributed by atoms with Gasteiger partial charge in [-0.3, -0.25) is 14.9 Å². The normalized spacial score (nSPS) is 9.33. The number of nitro groups is 1. The molecule has 0 atom stereocenters. The van der Waals surface area contributed by atoms with Crippen molar-refractivity contribution in [1.29, 1.82) is 0 Å². The van der Waals surface area contributed by atoms with Crippen molar-refractivity contribution >= 4 is 11.5 Å². The number of rotatable bonds is 5. The van der Waals surface area contributed by atoms with Gasteiger partial charge in [-0.25, -0.2) is 0 Å². The van der Waals surface area contributed by atoms with E-state index in [9.17, 15) is 14.9 Å². The third kappa shape index (κ3) is 2.91. The molecule has 0 spiro atoms. The maximum Gasteiger partial charge on any atom is 0.269 e. The molecule has 1 aromatic carbocycles. The Kier molecular flexibility index (Phi) is 3.56. The highest BCUT2D eigenvalue weighted by Gasteiger charge is 2.08. The summed E-state index contributed by atoms with van der Waals surface area (Å²) in [4.78, 5) is 21.2. The lowest BCUT2D eigenvalue weighted by Crippen LogP contribution is -2.17. The summed E-state index contributed by atoms with van der Waals surface area (Å²) in [6, 6.07) is 5.48. The van der Waals surface area contributed by atoms with Gasteiger partial charge in [0.1, 0.15) is 0 Å². The number of nitrogens with one attached hydrogen (secondary N) is 1. The molecule has 78 valence electrons. The van der Waals surface area contributed by atoms with Crippen LogP contribution in [0, 0.1) is 10.1 Å². The Morgan fingerprint density at radius 3 is 2.53 bits per heavy atom. The zero-order chi connectivity index (χ0) is 11.3. The highest BCUT2D eigenvalue weighted by Crippen LogP contribution is 2.11. The molecule has 0 fully saturated rings. The number of carbonyl (C=O) groups is 1. The second-order valence-corrected chi connectivity index (χ2v) is 2.81. The molecule has 0 aliphatic heterocycles. The zero-order valence-electron chi connectivity index (χ0n) is 7.97. The van der Waals surface area contributed by atoms with Gasteiger partial charge in [-0.2, -0.15) is 0 Å². The van der Waals surface area contributed by atoms with Crippen LogP contribution >= 0.6 is 0 Å². The lowest BCUT2D eigenvalue weighted by Gasteiger charge is -2.00. The number of carbonyl (C=O) groups excluding carboxylic acids is 1. The predicted molar refractivity (Wildman–Crippen MR) is 55.6 cm³/mol. The number of ketones is 1. The molecule has 5 heteroatoms. The molecule has 1 N–H and O–H groups in total. The van der Waals surface area contributed by atoms with Gasteiger partial charge in [0.15, 0.2) is 5.78 Å². The molecule has 0 aliphatic carbocycles. The average molecular weight is 206 g/mol. The van der Waals surface area contributed by atoms with Crippen molar-refractivity contribution in [2.45, 2.75) is 0 Å². The number of nitrogens with zero attached hydrogens (tertiary/aromatic N) is 1. The van der Waals surface area contributed by atoms with Crippen molar-refractivity contribution in [3.05, 3.63) is 52.7 Å². The van der Waals surface area contributed by atoms with Crippen molar-refractivity contribution in [2.24, 2.45) is 0 Å². The fourth-order valence-corrected chi connectivity index (χ4v) is 1.04. The van der Waals surface area contributed by atoms with Crippen LogP contribution in [0.4, 0.5) is 5.69 Å². The molecule has 15 heavy (non-hydrogen) atoms. The van der Waals surface area contributed by atoms with Gasteiger partial charge < -0.3 is 5.32 Å². The smallest absolute Gasteiger partial charge is 0.269 e. The van der Waals surface area contributed by atoms with Crippen LogP contribution in [0.5, 0.6) is 0 Å². The Labute approximate surface area is 86.6 Å². The molecule has 1 rings (SSSR count). The van der Waals surface area contributed by atoms with E-state index in [1.54, 1.807) is 0 Å². The molecule has 0 heterocycles. The first kappa shape index (κ1) is 10.9. The van der Waals surface area contributed by atoms with Gasteiger partial charge in [0, 0.05) is 17.7 Å². The van der Waals surface area contributed by atoms with Crippen LogP contribution in [-0.2, 0) is 0 Å². The van der Waals surface area contributed by atoms with Crippen molar-refractivity contribution in [3.8, 4) is 0 Å². The molecule has 0 saturated carbocycles. The molecule has 5 nitrogen and oxygen atoms in total. The summed E-state index contributed by atoms with van der Waals surface area (Å²) in [5.74, 6) is -0.134. The topological polar surface area (TPSA) is 72.2 Å². The maximum atomic E-state index is 11.4. The number of benzene rings is 1. The highest BCUT2D eigenvalue weighted by atomic mass is 16.6. The van der Waals surface area contributed by atoms with E-state index in [2.05, 4.69) is 11.9 Å². The molecule has 0 unspecified atom stereocenters. The van der Waals surface area contributed by atoms with E-state index >= 15 is 0 Å². The first-order valence-corrected chi connectivity index (χ1v) is 4.27. The summed E-state index contributed by atoms with van der Waals surface area (Å²) < 4.78 is 0. The first-order valence-electron chi connectivity index (χ1n) is 4.27. The van der Waals surface area contributed by atoms with Gasteiger partial charge >= 0.3 is 0 Å². The van der Waals surface area contributed by atoms with Gasteiger partial charge in [-0.15, -0.1) is 0 Å². The summed E-state index contributed by atoms with van der Waals surface area (Å²) in [6.07, 6.45) is 1.42. The predicted octanol–water partition coefficient (Wildman–Crippen LogP) is 1.51. The van der Waals surface area contributed by atoms with Crippen molar-refractivity contribution in [2.75, 3.05) is 6.54 Å². The molecule has 0 amide bonds. The molecular weight excluding hydrogens is 196 g/mol. The Hall–Kier alpha value is -2.17. The standard InChI is InChI=1S/C10H10N2O3/c1-2-11-7-10(13)8-3-5-9(6-4-8)12(14)15/h2-6,11H,1,7H2. The Morgan fingerprint density at radius 1 is 1.47 bits per heavy atom. The molecule has 0 saturated heterocycles. The molecule has 0 bridgehead atoms. The van der Waals surface area contributed by atoms with Crippen LogP contribution in [0.3, 0.4) is 0 Å². The van der Waals surface area contributed by atoms with E-state index in [1.165, 1.54) is 30.5 Å². The summed E-state index contributed by atoms with van der Waals surface area (Å²) >= 11 is 0. The summed E-state index contributed by atoms with van der Waals surface area (Å²) in [7, 11) is 0. The van der Waals surface area contributed by atoms with Crippen LogP contribution in [0.2, 0.25) is 0 Å². The Balaban J connectivity index is 2.75. The van der Waals surface area contributed by atoms with Crippen LogP contribution in [0.15, 0.2) is 37.0 Å². The number of Topliss-reactive ketones (excluding diaryl/α,β-unsaturated/α-hetero) is 1. The van der Waals surface area contributed by atoms with Gasteiger partial charge in [0.2, 0.25) is 0 Å². The van der Waals surface area contributed by atoms with E-state index in [-0.39, 0.29) is 18.0 Å². The SMILES string of the molecule is C=CNCC(=O)c1ccc([N+](=O)[O-])cc1. The van der Waals surface area contributed by atoms with Crippen LogP contribution in [0.1, 0.15) is 10.4 Å². The van der Waals surface area contributed by atoms with Crippen molar-refractivity contribution < 1.29 is 9.72 Å². The summed E-state index contributed by atoms with van der Waals surface area (Å²) in [5.41, 5.74) is 0.415. The minimum atomic E-state index is -0.504. The summed E-state index contributed by atoms with van der Waals surface area (Å²) in [5, 5.41) is 13.0. The summed E-state index contributed by atoms with van der Waals surface area (Å²) in [6.45, 7) is 3.55. The fraction of sp³-hybridized carbons (Fsp3) is 0.100. The average Bonchev–Trinajstić information content (AvgIpc) is 2.26. The maximum absolute atomic E-state index is 11.4. The van der Waals surface area contributed by atoms with Crippen LogP contribution < -0.4 is 5.32 Å². The van der Waals surface area contributed by atoms with E-state index < -0.39 is 4.92 Å². The second-order valence-electron chi connectivity index (χ2n) is 2.81. The van der Waals surface area contributed by atoms with E-state index in [1.807, 2.05) is 0 Å². The molecule has 1 aromatic rings. The third-order valence-corrected chi connectivity index (χ3v) is 1.81. The fourth-order valence-electron chi connectivity index (χ4n) is 1.04. The minimum absolute atomic E-state index is 0.0248. The quantitative estimate of drug-likeness (QED) is 0.450. The third-order valence-electron chi connectivity index (χ3n) is 1.81. The van der Waals surface area contributed by atoms with Crippen molar-refractivity contribution in [3.63, 3.8) is 0 Å².